The van der Waals surface area contributed by atoms with Gasteiger partial charge in [-0.25, -0.2) is 9.82 Å². The van der Waals surface area contributed by atoms with Gasteiger partial charge >= 0.3 is 5.97 Å². The molecule has 152 valence electrons. The number of hydrazine groups is 1. The van der Waals surface area contributed by atoms with Crippen molar-refractivity contribution < 1.29 is 18.7 Å². The Bertz CT molecular complexity index is 771. The molecule has 7 heteroatoms. The van der Waals surface area contributed by atoms with Crippen LogP contribution in [0.3, 0.4) is 0 Å². The number of esters is 1. The fourth-order valence-corrected chi connectivity index (χ4v) is 3.24. The van der Waals surface area contributed by atoms with Gasteiger partial charge in [0.05, 0.1) is 19.6 Å². The molecular formula is C21H26ClFN2O3. The van der Waals surface area contributed by atoms with Crippen LogP contribution in [0.2, 0.25) is 0 Å². The first-order valence-electron chi connectivity index (χ1n) is 9.19. The fraction of sp³-hybridized carbons (Fsp3) is 0.381. The lowest BCUT2D eigenvalue weighted by atomic mass is 9.95. The lowest BCUT2D eigenvalue weighted by molar-refractivity contribution is -0.147. The molecule has 0 heterocycles. The van der Waals surface area contributed by atoms with E-state index in [0.717, 1.165) is 11.1 Å². The van der Waals surface area contributed by atoms with Crippen molar-refractivity contribution in [1.29, 1.82) is 0 Å². The van der Waals surface area contributed by atoms with Crippen LogP contribution in [-0.2, 0) is 16.0 Å². The van der Waals surface area contributed by atoms with Gasteiger partial charge in [-0.05, 0) is 60.9 Å². The van der Waals surface area contributed by atoms with E-state index in [1.54, 1.807) is 20.1 Å². The molecule has 0 radical (unpaired) electrons. The van der Waals surface area contributed by atoms with Crippen LogP contribution < -0.4 is 15.1 Å². The number of carbonyl (C=O) groups is 1. The third-order valence-corrected chi connectivity index (χ3v) is 4.60. The van der Waals surface area contributed by atoms with Gasteiger partial charge in [0.2, 0.25) is 0 Å². The van der Waals surface area contributed by atoms with Gasteiger partial charge in [0.15, 0.2) is 0 Å². The number of ether oxygens (including phenoxy) is 2. The zero-order chi connectivity index (χ0) is 20.5. The molecule has 28 heavy (non-hydrogen) atoms. The first-order chi connectivity index (χ1) is 13.5. The van der Waals surface area contributed by atoms with E-state index in [4.69, 9.17) is 21.3 Å². The van der Waals surface area contributed by atoms with Crippen molar-refractivity contribution in [3.8, 4) is 16.9 Å². The molecule has 0 aliphatic rings. The summed E-state index contributed by atoms with van der Waals surface area (Å²) in [7, 11) is 1.56. The van der Waals surface area contributed by atoms with Crippen LogP contribution in [0, 0.1) is 11.7 Å². The van der Waals surface area contributed by atoms with Crippen molar-refractivity contribution in [1.82, 2.24) is 10.4 Å². The van der Waals surface area contributed by atoms with E-state index in [1.807, 2.05) is 31.2 Å². The van der Waals surface area contributed by atoms with E-state index in [-0.39, 0.29) is 23.7 Å². The molecule has 0 aliphatic heterocycles. The monoisotopic (exact) mass is 408 g/mol. The van der Waals surface area contributed by atoms with Gasteiger partial charge in [-0.3, -0.25) is 4.79 Å². The number of nitrogens with one attached hydrogen (secondary N) is 2. The third kappa shape index (κ3) is 6.19. The first-order valence-corrected chi connectivity index (χ1v) is 9.56. The maximum atomic E-state index is 13.6. The normalized spacial score (nSPS) is 13.0. The Morgan fingerprint density at radius 2 is 1.93 bits per heavy atom. The predicted molar refractivity (Wildman–Crippen MR) is 108 cm³/mol. The van der Waals surface area contributed by atoms with E-state index >= 15 is 0 Å². The Morgan fingerprint density at radius 1 is 1.21 bits per heavy atom. The second-order valence-electron chi connectivity index (χ2n) is 6.57. The summed E-state index contributed by atoms with van der Waals surface area (Å²) in [6, 6.07) is 12.2. The van der Waals surface area contributed by atoms with Crippen molar-refractivity contribution in [2.75, 3.05) is 13.7 Å². The summed E-state index contributed by atoms with van der Waals surface area (Å²) in [6.45, 7) is 3.98. The summed E-state index contributed by atoms with van der Waals surface area (Å²) in [5.41, 5.74) is 5.58. The molecule has 2 aromatic carbocycles. The molecule has 0 saturated carbocycles. The molecule has 0 saturated heterocycles. The highest BCUT2D eigenvalue weighted by atomic mass is 35.5. The highest BCUT2D eigenvalue weighted by molar-refractivity contribution is 6.13. The summed E-state index contributed by atoms with van der Waals surface area (Å²) in [4.78, 5) is 14.3. The topological polar surface area (TPSA) is 59.6 Å². The second kappa shape index (κ2) is 11.0. The zero-order valence-electron chi connectivity index (χ0n) is 16.3. The summed E-state index contributed by atoms with van der Waals surface area (Å²) >= 11 is 5.61. The van der Waals surface area contributed by atoms with Crippen LogP contribution in [0.5, 0.6) is 5.75 Å². The fourth-order valence-electron chi connectivity index (χ4n) is 3.09. The first kappa shape index (κ1) is 22.1. The molecular weight excluding hydrogens is 383 g/mol. The van der Waals surface area contributed by atoms with Gasteiger partial charge in [0.1, 0.15) is 11.6 Å². The Kier molecular flexibility index (Phi) is 8.70. The standard InChI is InChI=1S/C21H26ClFN2O3/c1-4-28-21(26)14(2)11-18(24-25-22)12-15-5-7-16(8-6-15)19-13-17(23)9-10-20(19)27-3/h5-10,13-14,18,24-25H,4,11-12H2,1-3H3/t14?,18-/m0/s1. The summed E-state index contributed by atoms with van der Waals surface area (Å²) in [5.74, 6) is -0.177. The molecule has 2 N–H and O–H groups in total. The summed E-state index contributed by atoms with van der Waals surface area (Å²) < 4.78 is 24.0. The molecule has 0 amide bonds. The minimum absolute atomic E-state index is 0.0635. The van der Waals surface area contributed by atoms with E-state index in [9.17, 15) is 9.18 Å². The Hall–Kier alpha value is -2.15. The predicted octanol–water partition coefficient (Wildman–Crippen LogP) is 4.25. The molecule has 5 nitrogen and oxygen atoms in total. The maximum Gasteiger partial charge on any atom is 0.308 e. The number of hydrogen-bond donors (Lipinski definition) is 2. The van der Waals surface area contributed by atoms with Crippen LogP contribution in [0.15, 0.2) is 42.5 Å². The Balaban J connectivity index is 2.11. The third-order valence-electron chi connectivity index (χ3n) is 4.49. The van der Waals surface area contributed by atoms with Crippen LogP contribution >= 0.6 is 11.8 Å². The second-order valence-corrected chi connectivity index (χ2v) is 6.76. The van der Waals surface area contributed by atoms with E-state index < -0.39 is 0 Å². The van der Waals surface area contributed by atoms with Gasteiger partial charge in [-0.15, -0.1) is 0 Å². The lowest BCUT2D eigenvalue weighted by Gasteiger charge is -2.20. The molecule has 2 aromatic rings. The highest BCUT2D eigenvalue weighted by Gasteiger charge is 2.20. The van der Waals surface area contributed by atoms with Crippen LogP contribution in [0.1, 0.15) is 25.8 Å². The molecule has 0 aliphatic carbocycles. The summed E-state index contributed by atoms with van der Waals surface area (Å²) in [6.07, 6.45) is 1.22. The van der Waals surface area contributed by atoms with E-state index in [2.05, 4.69) is 10.4 Å². The zero-order valence-corrected chi connectivity index (χ0v) is 17.1. The van der Waals surface area contributed by atoms with Crippen LogP contribution in [0.4, 0.5) is 4.39 Å². The molecule has 0 bridgehead atoms. The molecule has 1 unspecified atom stereocenters. The minimum Gasteiger partial charge on any atom is -0.496 e. The number of rotatable bonds is 10. The van der Waals surface area contributed by atoms with Crippen LogP contribution in [-0.4, -0.2) is 25.7 Å². The quantitative estimate of drug-likeness (QED) is 0.349. The van der Waals surface area contributed by atoms with Crippen molar-refractivity contribution in [3.63, 3.8) is 0 Å². The largest absolute Gasteiger partial charge is 0.496 e. The van der Waals surface area contributed by atoms with Gasteiger partial charge in [-0.2, -0.15) is 4.94 Å². The maximum absolute atomic E-state index is 13.6. The van der Waals surface area contributed by atoms with E-state index in [1.165, 1.54) is 12.1 Å². The van der Waals surface area contributed by atoms with E-state index in [0.29, 0.717) is 30.8 Å². The van der Waals surface area contributed by atoms with Crippen molar-refractivity contribution in [2.24, 2.45) is 5.92 Å². The number of halogens is 2. The van der Waals surface area contributed by atoms with Gasteiger partial charge in [-0.1, -0.05) is 31.2 Å². The average Bonchev–Trinajstić information content (AvgIpc) is 2.69. The average molecular weight is 409 g/mol. The molecule has 2 atom stereocenters. The van der Waals surface area contributed by atoms with Gasteiger partial charge in [0.25, 0.3) is 0 Å². The highest BCUT2D eigenvalue weighted by Crippen LogP contribution is 2.31. The van der Waals surface area contributed by atoms with Gasteiger partial charge < -0.3 is 9.47 Å². The number of hydrogen-bond acceptors (Lipinski definition) is 5. The molecule has 2 rings (SSSR count). The number of benzene rings is 2. The lowest BCUT2D eigenvalue weighted by Crippen LogP contribution is -2.39. The SMILES string of the molecule is CCOC(=O)C(C)C[C@@H](Cc1ccc(-c2cc(F)ccc2OC)cc1)NNCl. The number of carbonyl (C=O) groups excluding carboxylic acids is 1. The minimum atomic E-state index is -0.315. The van der Waals surface area contributed by atoms with Crippen molar-refractivity contribution >= 4 is 17.7 Å². The number of methoxy groups -OCH3 is 1. The molecule has 0 aromatic heterocycles. The smallest absolute Gasteiger partial charge is 0.308 e. The van der Waals surface area contributed by atoms with Gasteiger partial charge in [0, 0.05) is 11.6 Å². The molecule has 0 fully saturated rings. The molecule has 0 spiro atoms. The van der Waals surface area contributed by atoms with Crippen molar-refractivity contribution in [2.45, 2.75) is 32.7 Å². The Labute approximate surface area is 170 Å². The summed E-state index contributed by atoms with van der Waals surface area (Å²) in [5, 5.41) is 0. The van der Waals surface area contributed by atoms with Crippen LogP contribution in [0.25, 0.3) is 11.1 Å². The Morgan fingerprint density at radius 3 is 2.54 bits per heavy atom. The van der Waals surface area contributed by atoms with Crippen molar-refractivity contribution in [3.05, 3.63) is 53.8 Å².